The van der Waals surface area contributed by atoms with Crippen molar-refractivity contribution in [2.24, 2.45) is 0 Å². The van der Waals surface area contributed by atoms with Gasteiger partial charge in [0.2, 0.25) is 5.88 Å². The fourth-order valence-corrected chi connectivity index (χ4v) is 4.13. The molecule has 1 aromatic heterocycles. The van der Waals surface area contributed by atoms with Crippen molar-refractivity contribution in [1.29, 1.82) is 0 Å². The van der Waals surface area contributed by atoms with E-state index >= 15 is 0 Å². The van der Waals surface area contributed by atoms with Crippen LogP contribution in [0.25, 0.3) is 0 Å². The molecule has 27 heavy (non-hydrogen) atoms. The monoisotopic (exact) mass is 369 g/mol. The Kier molecular flexibility index (Phi) is 6.00. The number of halogens is 1. The minimum Gasteiger partial charge on any atom is -0.478 e. The van der Waals surface area contributed by atoms with Crippen LogP contribution in [0.4, 0.5) is 4.39 Å². The molecule has 0 radical (unpaired) electrons. The first kappa shape index (κ1) is 18.4. The first-order valence-corrected chi connectivity index (χ1v) is 10.1. The SMILES string of the molecule is Fc1ccc(C2CNCc3cc(OCCCN4CCCCC4)ncc32)cc1. The van der Waals surface area contributed by atoms with Gasteiger partial charge in [0.05, 0.1) is 6.61 Å². The lowest BCUT2D eigenvalue weighted by molar-refractivity contribution is 0.203. The van der Waals surface area contributed by atoms with Crippen molar-refractivity contribution in [1.82, 2.24) is 15.2 Å². The zero-order valence-electron chi connectivity index (χ0n) is 15.8. The molecular formula is C22H28FN3O. The van der Waals surface area contributed by atoms with Crippen LogP contribution in [-0.4, -0.2) is 42.7 Å². The van der Waals surface area contributed by atoms with Gasteiger partial charge in [0, 0.05) is 37.8 Å². The minimum atomic E-state index is -0.200. The summed E-state index contributed by atoms with van der Waals surface area (Å²) in [7, 11) is 0. The third-order valence-corrected chi connectivity index (χ3v) is 5.63. The summed E-state index contributed by atoms with van der Waals surface area (Å²) in [6.07, 6.45) is 7.00. The quantitative estimate of drug-likeness (QED) is 0.788. The molecule has 0 amide bonds. The fraction of sp³-hybridized carbons (Fsp3) is 0.500. The third kappa shape index (κ3) is 4.66. The number of likely N-dealkylation sites (tertiary alicyclic amines) is 1. The van der Waals surface area contributed by atoms with E-state index in [9.17, 15) is 4.39 Å². The van der Waals surface area contributed by atoms with Crippen LogP contribution in [0.15, 0.2) is 36.5 Å². The summed E-state index contributed by atoms with van der Waals surface area (Å²) in [5.41, 5.74) is 3.54. The molecule has 1 N–H and O–H groups in total. The van der Waals surface area contributed by atoms with E-state index in [1.54, 1.807) is 0 Å². The standard InChI is InChI=1S/C22H28FN3O/c23-19-7-5-17(6-8-19)20-15-24-14-18-13-22(25-16-21(18)20)27-12-4-11-26-9-2-1-3-10-26/h5-8,13,16,20,24H,1-4,9-12,14-15H2. The molecule has 4 rings (SSSR count). The molecule has 1 unspecified atom stereocenters. The highest BCUT2D eigenvalue weighted by atomic mass is 19.1. The normalized spacial score (nSPS) is 20.3. The van der Waals surface area contributed by atoms with Gasteiger partial charge in [-0.3, -0.25) is 0 Å². The number of hydrogen-bond donors (Lipinski definition) is 1. The van der Waals surface area contributed by atoms with Crippen LogP contribution < -0.4 is 10.1 Å². The lowest BCUT2D eigenvalue weighted by Gasteiger charge is -2.27. The molecule has 0 saturated carbocycles. The molecule has 4 nitrogen and oxygen atoms in total. The minimum absolute atomic E-state index is 0.200. The summed E-state index contributed by atoms with van der Waals surface area (Å²) in [4.78, 5) is 7.06. The second kappa shape index (κ2) is 8.81. The Balaban J connectivity index is 1.35. The zero-order chi connectivity index (χ0) is 18.5. The number of nitrogens with one attached hydrogen (secondary N) is 1. The Morgan fingerprint density at radius 2 is 1.96 bits per heavy atom. The van der Waals surface area contributed by atoms with E-state index < -0.39 is 0 Å². The topological polar surface area (TPSA) is 37.4 Å². The molecule has 1 fully saturated rings. The highest BCUT2D eigenvalue weighted by Crippen LogP contribution is 2.31. The number of benzene rings is 1. The Labute approximate surface area is 160 Å². The Morgan fingerprint density at radius 1 is 1.15 bits per heavy atom. The number of rotatable bonds is 6. The van der Waals surface area contributed by atoms with Gasteiger partial charge in [0.25, 0.3) is 0 Å². The highest BCUT2D eigenvalue weighted by Gasteiger charge is 2.22. The van der Waals surface area contributed by atoms with Gasteiger partial charge in [-0.05, 0) is 61.2 Å². The van der Waals surface area contributed by atoms with Crippen molar-refractivity contribution in [2.45, 2.75) is 38.1 Å². The maximum absolute atomic E-state index is 13.2. The summed E-state index contributed by atoms with van der Waals surface area (Å²) in [6.45, 7) is 5.94. The van der Waals surface area contributed by atoms with Gasteiger partial charge in [-0.2, -0.15) is 0 Å². The van der Waals surface area contributed by atoms with Gasteiger partial charge in [-0.25, -0.2) is 9.37 Å². The molecule has 1 atom stereocenters. The molecule has 0 bridgehead atoms. The van der Waals surface area contributed by atoms with E-state index in [0.717, 1.165) is 31.6 Å². The van der Waals surface area contributed by atoms with Crippen molar-refractivity contribution in [3.63, 3.8) is 0 Å². The van der Waals surface area contributed by atoms with Crippen LogP contribution in [0.1, 0.15) is 48.3 Å². The molecule has 5 heteroatoms. The van der Waals surface area contributed by atoms with Crippen LogP contribution >= 0.6 is 0 Å². The van der Waals surface area contributed by atoms with Crippen LogP contribution in [-0.2, 0) is 6.54 Å². The maximum atomic E-state index is 13.2. The van der Waals surface area contributed by atoms with E-state index in [4.69, 9.17) is 4.74 Å². The van der Waals surface area contributed by atoms with Crippen molar-refractivity contribution >= 4 is 0 Å². The first-order chi connectivity index (χ1) is 13.3. The van der Waals surface area contributed by atoms with E-state index in [1.807, 2.05) is 18.3 Å². The average molecular weight is 369 g/mol. The Morgan fingerprint density at radius 3 is 2.78 bits per heavy atom. The van der Waals surface area contributed by atoms with E-state index in [1.165, 1.54) is 55.6 Å². The van der Waals surface area contributed by atoms with Crippen molar-refractivity contribution < 1.29 is 9.13 Å². The molecule has 1 aromatic carbocycles. The first-order valence-electron chi connectivity index (χ1n) is 10.1. The van der Waals surface area contributed by atoms with Gasteiger partial charge in [0.1, 0.15) is 5.82 Å². The number of piperidine rings is 1. The van der Waals surface area contributed by atoms with E-state index in [0.29, 0.717) is 12.5 Å². The van der Waals surface area contributed by atoms with Gasteiger partial charge >= 0.3 is 0 Å². The fourth-order valence-electron chi connectivity index (χ4n) is 4.13. The lowest BCUT2D eigenvalue weighted by atomic mass is 9.87. The van der Waals surface area contributed by atoms with Crippen molar-refractivity contribution in [2.75, 3.05) is 32.8 Å². The lowest BCUT2D eigenvalue weighted by Crippen LogP contribution is -2.31. The smallest absolute Gasteiger partial charge is 0.213 e. The molecule has 144 valence electrons. The van der Waals surface area contributed by atoms with Gasteiger partial charge in [0.15, 0.2) is 0 Å². The zero-order valence-corrected chi connectivity index (χ0v) is 15.8. The van der Waals surface area contributed by atoms with E-state index in [2.05, 4.69) is 21.3 Å². The molecule has 1 saturated heterocycles. The summed E-state index contributed by atoms with van der Waals surface area (Å²) in [6, 6.07) is 8.83. The number of aromatic nitrogens is 1. The third-order valence-electron chi connectivity index (χ3n) is 5.63. The van der Waals surface area contributed by atoms with Gasteiger partial charge < -0.3 is 15.0 Å². The number of pyridine rings is 1. The van der Waals surface area contributed by atoms with Crippen LogP contribution in [0.5, 0.6) is 5.88 Å². The largest absolute Gasteiger partial charge is 0.478 e. The number of hydrogen-bond acceptors (Lipinski definition) is 4. The molecule has 3 heterocycles. The number of nitrogens with zero attached hydrogens (tertiary/aromatic N) is 2. The predicted octanol–water partition coefficient (Wildman–Crippen LogP) is 3.71. The number of ether oxygens (including phenoxy) is 1. The molecule has 2 aromatic rings. The number of fused-ring (bicyclic) bond motifs is 1. The van der Waals surface area contributed by atoms with Gasteiger partial charge in [-0.15, -0.1) is 0 Å². The van der Waals surface area contributed by atoms with Crippen molar-refractivity contribution in [3.05, 3.63) is 59.0 Å². The molecular weight excluding hydrogens is 341 g/mol. The molecule has 0 spiro atoms. The van der Waals surface area contributed by atoms with Crippen LogP contribution in [0, 0.1) is 5.82 Å². The second-order valence-electron chi connectivity index (χ2n) is 7.56. The summed E-state index contributed by atoms with van der Waals surface area (Å²) in [5.74, 6) is 0.707. The molecule has 2 aliphatic heterocycles. The molecule has 2 aliphatic rings. The van der Waals surface area contributed by atoms with Gasteiger partial charge in [-0.1, -0.05) is 18.6 Å². The maximum Gasteiger partial charge on any atom is 0.213 e. The van der Waals surface area contributed by atoms with Crippen molar-refractivity contribution in [3.8, 4) is 5.88 Å². The van der Waals surface area contributed by atoms with Crippen LogP contribution in [0.2, 0.25) is 0 Å². The van der Waals surface area contributed by atoms with E-state index in [-0.39, 0.29) is 11.7 Å². The predicted molar refractivity (Wildman–Crippen MR) is 105 cm³/mol. The summed E-state index contributed by atoms with van der Waals surface area (Å²) in [5, 5.41) is 3.46. The summed E-state index contributed by atoms with van der Waals surface area (Å²) >= 11 is 0. The molecule has 0 aliphatic carbocycles. The Hall–Kier alpha value is -1.98. The second-order valence-corrected chi connectivity index (χ2v) is 7.56. The Bertz CT molecular complexity index is 744. The van der Waals surface area contributed by atoms with Crippen LogP contribution in [0.3, 0.4) is 0 Å². The highest BCUT2D eigenvalue weighted by molar-refractivity contribution is 5.40. The average Bonchev–Trinajstić information content (AvgIpc) is 2.72. The summed E-state index contributed by atoms with van der Waals surface area (Å²) < 4.78 is 19.1.